The minimum absolute atomic E-state index is 0.387. The molecule has 0 spiro atoms. The van der Waals surface area contributed by atoms with Crippen LogP contribution in [-0.4, -0.2) is 54.3 Å². The van der Waals surface area contributed by atoms with Gasteiger partial charge in [0.1, 0.15) is 17.8 Å². The zero-order chi connectivity index (χ0) is 20.5. The van der Waals surface area contributed by atoms with Gasteiger partial charge in [0.15, 0.2) is 0 Å². The Bertz CT molecular complexity index is 1240. The smallest absolute Gasteiger partial charge is 0.407 e. The van der Waals surface area contributed by atoms with Gasteiger partial charge in [-0.2, -0.15) is 5.10 Å². The third kappa shape index (κ3) is 3.37. The molecule has 4 aromatic rings. The fourth-order valence-electron chi connectivity index (χ4n) is 3.62. The number of benzene rings is 1. The van der Waals surface area contributed by atoms with Crippen molar-refractivity contribution in [3.8, 4) is 11.1 Å². The molecule has 1 amide bonds. The lowest BCUT2D eigenvalue weighted by Gasteiger charge is -2.23. The first-order chi connectivity index (χ1) is 14.7. The Labute approximate surface area is 171 Å². The van der Waals surface area contributed by atoms with Crippen LogP contribution in [0, 0.1) is 0 Å². The number of nitrogens with zero attached hydrogens (tertiary/aromatic N) is 4. The van der Waals surface area contributed by atoms with Crippen LogP contribution in [0.1, 0.15) is 12.1 Å². The van der Waals surface area contributed by atoms with Gasteiger partial charge in [0, 0.05) is 36.2 Å². The molecule has 0 bridgehead atoms. The highest BCUT2D eigenvalue weighted by molar-refractivity contribution is 5.92. The minimum Gasteiger partial charge on any atom is -0.465 e. The molecule has 9 nitrogen and oxygen atoms in total. The van der Waals surface area contributed by atoms with Gasteiger partial charge in [-0.1, -0.05) is 18.2 Å². The standard InChI is InChI=1S/C21H19N7O2/c29-21(30)28-6-4-13(5-7-28)18-9-17-19(22-12-23-20(17)27-18)26-16-3-1-2-14(8-16)15-10-24-25-11-15/h1-4,8-12H,5-7H2,(H,24,25)(H,29,30)(H2,22,23,26,27). The fraction of sp³-hybridized carbons (Fsp3) is 0.143. The molecule has 1 aromatic carbocycles. The Morgan fingerprint density at radius 1 is 1.20 bits per heavy atom. The van der Waals surface area contributed by atoms with Crippen LogP contribution in [0.15, 0.2) is 55.1 Å². The number of hydrogen-bond acceptors (Lipinski definition) is 5. The summed E-state index contributed by atoms with van der Waals surface area (Å²) in [5.74, 6) is 0.704. The Morgan fingerprint density at radius 2 is 2.13 bits per heavy atom. The van der Waals surface area contributed by atoms with Gasteiger partial charge in [0.2, 0.25) is 0 Å². The van der Waals surface area contributed by atoms with Gasteiger partial charge >= 0.3 is 6.09 Å². The van der Waals surface area contributed by atoms with Gasteiger partial charge in [-0.05, 0) is 35.8 Å². The van der Waals surface area contributed by atoms with Crippen molar-refractivity contribution in [1.29, 1.82) is 0 Å². The summed E-state index contributed by atoms with van der Waals surface area (Å²) in [6, 6.07) is 10.0. The lowest BCUT2D eigenvalue weighted by Crippen LogP contribution is -2.33. The number of H-pyrrole nitrogens is 2. The van der Waals surface area contributed by atoms with E-state index in [0.29, 0.717) is 25.3 Å². The normalized spacial score (nSPS) is 14.0. The Kier molecular flexibility index (Phi) is 4.40. The van der Waals surface area contributed by atoms with Crippen LogP contribution in [0.5, 0.6) is 0 Å². The molecule has 0 radical (unpaired) electrons. The van der Waals surface area contributed by atoms with Gasteiger partial charge in [0.25, 0.3) is 0 Å². The molecule has 4 N–H and O–H groups in total. The van der Waals surface area contributed by atoms with Gasteiger partial charge in [-0.3, -0.25) is 5.10 Å². The number of hydrogen-bond donors (Lipinski definition) is 4. The molecule has 0 unspecified atom stereocenters. The van der Waals surface area contributed by atoms with Crippen molar-refractivity contribution < 1.29 is 9.90 Å². The van der Waals surface area contributed by atoms with Crippen LogP contribution in [0.25, 0.3) is 27.7 Å². The molecule has 4 heterocycles. The Balaban J connectivity index is 1.44. The minimum atomic E-state index is -0.892. The molecule has 0 aliphatic carbocycles. The number of rotatable bonds is 4. The van der Waals surface area contributed by atoms with Crippen molar-refractivity contribution >= 4 is 34.2 Å². The molecule has 9 heteroatoms. The first-order valence-corrected chi connectivity index (χ1v) is 9.54. The third-order valence-electron chi connectivity index (χ3n) is 5.21. The maximum Gasteiger partial charge on any atom is 0.407 e. The lowest BCUT2D eigenvalue weighted by molar-refractivity contribution is 0.150. The zero-order valence-corrected chi connectivity index (χ0v) is 16.0. The second-order valence-corrected chi connectivity index (χ2v) is 7.07. The van der Waals surface area contributed by atoms with Crippen LogP contribution in [-0.2, 0) is 0 Å². The largest absolute Gasteiger partial charge is 0.465 e. The molecule has 5 rings (SSSR count). The van der Waals surface area contributed by atoms with Crippen LogP contribution in [0.3, 0.4) is 0 Å². The Hall–Kier alpha value is -4.14. The quantitative estimate of drug-likeness (QED) is 0.412. The highest BCUT2D eigenvalue weighted by Gasteiger charge is 2.18. The molecule has 3 aromatic heterocycles. The molecule has 150 valence electrons. The van der Waals surface area contributed by atoms with Crippen molar-refractivity contribution in [3.05, 3.63) is 60.8 Å². The van der Waals surface area contributed by atoms with E-state index in [9.17, 15) is 4.79 Å². The Morgan fingerprint density at radius 3 is 2.90 bits per heavy atom. The van der Waals surface area contributed by atoms with Crippen molar-refractivity contribution in [1.82, 2.24) is 30.0 Å². The van der Waals surface area contributed by atoms with Crippen molar-refractivity contribution in [3.63, 3.8) is 0 Å². The van der Waals surface area contributed by atoms with E-state index in [4.69, 9.17) is 5.11 Å². The first-order valence-electron chi connectivity index (χ1n) is 9.54. The molecule has 0 saturated heterocycles. The summed E-state index contributed by atoms with van der Waals surface area (Å²) < 4.78 is 0. The van der Waals surface area contributed by atoms with E-state index < -0.39 is 6.09 Å². The SMILES string of the molecule is O=C(O)N1CC=C(c2cc3c(Nc4cccc(-c5cn[nH]c5)c4)ncnc3[nH]2)CC1. The molecular formula is C21H19N7O2. The number of amides is 1. The first kappa shape index (κ1) is 17.9. The van der Waals surface area contributed by atoms with E-state index in [1.807, 2.05) is 42.6 Å². The number of anilines is 2. The van der Waals surface area contributed by atoms with E-state index >= 15 is 0 Å². The molecule has 0 saturated carbocycles. The molecule has 1 aliphatic rings. The van der Waals surface area contributed by atoms with E-state index in [0.717, 1.165) is 39.1 Å². The number of aromatic nitrogens is 5. The predicted octanol–water partition coefficient (Wildman–Crippen LogP) is 3.86. The van der Waals surface area contributed by atoms with Crippen molar-refractivity contribution in [2.24, 2.45) is 0 Å². The summed E-state index contributed by atoms with van der Waals surface area (Å²) in [5, 5.41) is 20.2. The maximum atomic E-state index is 11.1. The summed E-state index contributed by atoms with van der Waals surface area (Å²) in [5.41, 5.74) is 5.71. The second kappa shape index (κ2) is 7.36. The van der Waals surface area contributed by atoms with Crippen LogP contribution in [0.2, 0.25) is 0 Å². The van der Waals surface area contributed by atoms with E-state index in [2.05, 4.69) is 30.5 Å². The molecule has 0 fully saturated rings. The highest BCUT2D eigenvalue weighted by atomic mass is 16.4. The summed E-state index contributed by atoms with van der Waals surface area (Å²) in [6.45, 7) is 0.867. The maximum absolute atomic E-state index is 11.1. The fourth-order valence-corrected chi connectivity index (χ4v) is 3.62. The highest BCUT2D eigenvalue weighted by Crippen LogP contribution is 2.30. The zero-order valence-electron chi connectivity index (χ0n) is 16.0. The number of aromatic amines is 2. The van der Waals surface area contributed by atoms with Gasteiger partial charge in [-0.15, -0.1) is 0 Å². The average Bonchev–Trinajstić information content (AvgIpc) is 3.45. The van der Waals surface area contributed by atoms with Gasteiger partial charge in [0.05, 0.1) is 11.6 Å². The predicted molar refractivity (Wildman–Crippen MR) is 113 cm³/mol. The van der Waals surface area contributed by atoms with Crippen LogP contribution < -0.4 is 5.32 Å². The summed E-state index contributed by atoms with van der Waals surface area (Å²) >= 11 is 0. The number of carboxylic acid groups (broad SMARTS) is 1. The second-order valence-electron chi connectivity index (χ2n) is 7.07. The van der Waals surface area contributed by atoms with E-state index in [-0.39, 0.29) is 0 Å². The third-order valence-corrected chi connectivity index (χ3v) is 5.21. The summed E-state index contributed by atoms with van der Waals surface area (Å²) in [4.78, 5) is 24.6. The molecular weight excluding hydrogens is 382 g/mol. The van der Waals surface area contributed by atoms with Gasteiger partial charge < -0.3 is 20.3 Å². The number of nitrogens with one attached hydrogen (secondary N) is 3. The van der Waals surface area contributed by atoms with E-state index in [1.165, 1.54) is 11.2 Å². The number of carbonyl (C=O) groups is 1. The summed E-state index contributed by atoms with van der Waals surface area (Å²) in [6.07, 6.45) is 6.86. The van der Waals surface area contributed by atoms with Gasteiger partial charge in [-0.25, -0.2) is 14.8 Å². The molecule has 1 aliphatic heterocycles. The average molecular weight is 401 g/mol. The molecule has 30 heavy (non-hydrogen) atoms. The number of fused-ring (bicyclic) bond motifs is 1. The lowest BCUT2D eigenvalue weighted by atomic mass is 10.1. The van der Waals surface area contributed by atoms with Crippen molar-refractivity contribution in [2.45, 2.75) is 6.42 Å². The van der Waals surface area contributed by atoms with Crippen LogP contribution >= 0.6 is 0 Å². The summed E-state index contributed by atoms with van der Waals surface area (Å²) in [7, 11) is 0. The van der Waals surface area contributed by atoms with E-state index in [1.54, 1.807) is 6.20 Å². The monoisotopic (exact) mass is 401 g/mol. The topological polar surface area (TPSA) is 123 Å². The van der Waals surface area contributed by atoms with Crippen molar-refractivity contribution in [2.75, 3.05) is 18.4 Å². The molecule has 0 atom stereocenters. The van der Waals surface area contributed by atoms with Crippen LogP contribution in [0.4, 0.5) is 16.3 Å².